The lowest BCUT2D eigenvalue weighted by molar-refractivity contribution is -0.142. The third-order valence-electron chi connectivity index (χ3n) is 2.20. The second kappa shape index (κ2) is 8.43. The molecule has 9 heteroatoms. The molecule has 0 saturated carbocycles. The predicted molar refractivity (Wildman–Crippen MR) is 98.4 cm³/mol. The third-order valence-corrected chi connectivity index (χ3v) is 6.77. The molecule has 5 nitrogen and oxygen atoms in total. The van der Waals surface area contributed by atoms with Crippen molar-refractivity contribution in [3.63, 3.8) is 0 Å². The van der Waals surface area contributed by atoms with Crippen LogP contribution in [0.1, 0.15) is 12.0 Å². The van der Waals surface area contributed by atoms with Crippen molar-refractivity contribution >= 4 is 83.9 Å². The predicted octanol–water partition coefficient (Wildman–Crippen LogP) is 2.52. The molecule has 1 aromatic rings. The van der Waals surface area contributed by atoms with Crippen LogP contribution in [0.4, 0.5) is 0 Å². The van der Waals surface area contributed by atoms with E-state index in [1.807, 2.05) is 12.1 Å². The van der Waals surface area contributed by atoms with E-state index in [4.69, 9.17) is 4.74 Å². The van der Waals surface area contributed by atoms with Crippen LogP contribution in [0.5, 0.6) is 0 Å². The molecular weight excluding hydrogens is 625 g/mol. The Bertz CT molecular complexity index is 600. The van der Waals surface area contributed by atoms with E-state index in [0.717, 1.165) is 16.3 Å². The molecule has 0 atom stereocenters. The Labute approximate surface area is 158 Å². The van der Waals surface area contributed by atoms with E-state index < -0.39 is 21.8 Å². The monoisotopic (exact) mass is 635 g/mol. The molecule has 0 aliphatic heterocycles. The van der Waals surface area contributed by atoms with Crippen molar-refractivity contribution in [3.8, 4) is 0 Å². The van der Waals surface area contributed by atoms with E-state index in [0.29, 0.717) is 0 Å². The van der Waals surface area contributed by atoms with Crippen LogP contribution < -0.4 is 0 Å². The van der Waals surface area contributed by atoms with Gasteiger partial charge in [0.25, 0.3) is 0 Å². The SMILES string of the molecule is O=C(Cc1cc(I)cc(I)c1I)OCCCS(=O)(=O)[O-]. The Balaban J connectivity index is 2.51. The Morgan fingerprint density at radius 1 is 1.25 bits per heavy atom. The lowest BCUT2D eigenvalue weighted by Crippen LogP contribution is -2.13. The number of ether oxygens (including phenoxy) is 1. The van der Waals surface area contributed by atoms with Crippen LogP contribution in [0.3, 0.4) is 0 Å². The van der Waals surface area contributed by atoms with Crippen LogP contribution in [0, 0.1) is 10.7 Å². The van der Waals surface area contributed by atoms with Gasteiger partial charge in [-0.3, -0.25) is 4.79 Å². The summed E-state index contributed by atoms with van der Waals surface area (Å²) >= 11 is 6.55. The maximum Gasteiger partial charge on any atom is 0.310 e. The lowest BCUT2D eigenvalue weighted by Gasteiger charge is -2.09. The molecule has 1 aromatic carbocycles. The van der Waals surface area contributed by atoms with Crippen LogP contribution in [0.2, 0.25) is 0 Å². The summed E-state index contributed by atoms with van der Waals surface area (Å²) < 4.78 is 39.2. The fourth-order valence-electron chi connectivity index (χ4n) is 1.37. The van der Waals surface area contributed by atoms with Crippen molar-refractivity contribution in [3.05, 3.63) is 28.4 Å². The maximum atomic E-state index is 11.7. The van der Waals surface area contributed by atoms with Gasteiger partial charge in [0.15, 0.2) is 0 Å². The summed E-state index contributed by atoms with van der Waals surface area (Å²) in [5, 5.41) is 0. The number of esters is 1. The highest BCUT2D eigenvalue weighted by Crippen LogP contribution is 2.23. The first kappa shape index (κ1) is 18.8. The number of carbonyl (C=O) groups is 1. The molecule has 0 amide bonds. The van der Waals surface area contributed by atoms with Crippen molar-refractivity contribution in [2.24, 2.45) is 0 Å². The van der Waals surface area contributed by atoms with Crippen molar-refractivity contribution < 1.29 is 22.5 Å². The highest BCUT2D eigenvalue weighted by Gasteiger charge is 2.11. The summed E-state index contributed by atoms with van der Waals surface area (Å²) in [5.41, 5.74) is 0.878. The standard InChI is InChI=1S/C11H11I3O5S/c12-8-4-7(11(14)9(13)6-8)5-10(15)19-2-1-3-20(16,17)18/h4,6H,1-3,5H2,(H,16,17,18)/p-1. The zero-order valence-electron chi connectivity index (χ0n) is 10.1. The van der Waals surface area contributed by atoms with Gasteiger partial charge in [-0.05, 0) is 91.9 Å². The van der Waals surface area contributed by atoms with E-state index >= 15 is 0 Å². The second-order valence-corrected chi connectivity index (χ2v) is 8.88. The van der Waals surface area contributed by atoms with E-state index in [2.05, 4.69) is 67.8 Å². The Morgan fingerprint density at radius 3 is 2.50 bits per heavy atom. The largest absolute Gasteiger partial charge is 0.748 e. The molecule has 0 bridgehead atoms. The first-order chi connectivity index (χ1) is 9.19. The van der Waals surface area contributed by atoms with Gasteiger partial charge >= 0.3 is 5.97 Å². The molecule has 112 valence electrons. The average Bonchev–Trinajstić information content (AvgIpc) is 2.30. The second-order valence-electron chi connectivity index (χ2n) is 3.87. The fraction of sp³-hybridized carbons (Fsp3) is 0.364. The van der Waals surface area contributed by atoms with Crippen molar-refractivity contribution in [1.29, 1.82) is 0 Å². The van der Waals surface area contributed by atoms with Crippen molar-refractivity contribution in [2.75, 3.05) is 12.4 Å². The number of hydrogen-bond donors (Lipinski definition) is 0. The quantitative estimate of drug-likeness (QED) is 0.158. The van der Waals surface area contributed by atoms with E-state index in [9.17, 15) is 17.8 Å². The van der Waals surface area contributed by atoms with Crippen LogP contribution in [-0.2, 0) is 26.1 Å². The van der Waals surface area contributed by atoms with Gasteiger partial charge in [-0.25, -0.2) is 8.42 Å². The zero-order valence-corrected chi connectivity index (χ0v) is 17.4. The van der Waals surface area contributed by atoms with Crippen molar-refractivity contribution in [2.45, 2.75) is 12.8 Å². The number of carbonyl (C=O) groups excluding carboxylic acids is 1. The van der Waals surface area contributed by atoms with Gasteiger partial charge in [-0.1, -0.05) is 0 Å². The summed E-state index contributed by atoms with van der Waals surface area (Å²) in [4.78, 5) is 11.7. The molecule has 0 spiro atoms. The van der Waals surface area contributed by atoms with Crippen LogP contribution >= 0.6 is 67.8 Å². The maximum absolute atomic E-state index is 11.7. The van der Waals surface area contributed by atoms with Gasteiger partial charge in [0.05, 0.1) is 23.1 Å². The molecular formula is C11H10I3O5S-. The number of rotatable bonds is 6. The first-order valence-corrected chi connectivity index (χ1v) is 10.2. The number of benzene rings is 1. The average molecular weight is 635 g/mol. The van der Waals surface area contributed by atoms with E-state index in [1.54, 1.807) is 0 Å². The summed E-state index contributed by atoms with van der Waals surface area (Å²) in [6, 6.07) is 3.92. The Morgan fingerprint density at radius 2 is 1.90 bits per heavy atom. The smallest absolute Gasteiger partial charge is 0.310 e. The molecule has 1 rings (SSSR count). The topological polar surface area (TPSA) is 83.5 Å². The summed E-state index contributed by atoms with van der Waals surface area (Å²) in [6.45, 7) is -0.0576. The van der Waals surface area contributed by atoms with Crippen LogP contribution in [0.15, 0.2) is 12.1 Å². The van der Waals surface area contributed by atoms with Crippen LogP contribution in [0.25, 0.3) is 0 Å². The Hall–Kier alpha value is 0.790. The minimum Gasteiger partial charge on any atom is -0.748 e. The molecule has 20 heavy (non-hydrogen) atoms. The zero-order chi connectivity index (χ0) is 15.3. The van der Waals surface area contributed by atoms with E-state index in [-0.39, 0.29) is 19.4 Å². The van der Waals surface area contributed by atoms with E-state index in [1.165, 1.54) is 0 Å². The minimum absolute atomic E-state index is 0.0263. The Kier molecular flexibility index (Phi) is 7.94. The van der Waals surface area contributed by atoms with Crippen LogP contribution in [-0.4, -0.2) is 31.3 Å². The lowest BCUT2D eigenvalue weighted by atomic mass is 10.1. The van der Waals surface area contributed by atoms with Crippen molar-refractivity contribution in [1.82, 2.24) is 0 Å². The first-order valence-electron chi connectivity index (χ1n) is 5.41. The van der Waals surface area contributed by atoms with Gasteiger partial charge in [-0.15, -0.1) is 0 Å². The molecule has 0 N–H and O–H groups in total. The highest BCUT2D eigenvalue weighted by molar-refractivity contribution is 14.1. The minimum atomic E-state index is -4.24. The molecule has 0 unspecified atom stereocenters. The number of hydrogen-bond acceptors (Lipinski definition) is 5. The molecule has 0 heterocycles. The molecule has 0 aliphatic rings. The molecule has 0 fully saturated rings. The van der Waals surface area contributed by atoms with Gasteiger partial charge in [0, 0.05) is 16.5 Å². The molecule has 0 aromatic heterocycles. The molecule has 0 saturated heterocycles. The number of halogens is 3. The third kappa shape index (κ3) is 7.17. The summed E-state index contributed by atoms with van der Waals surface area (Å²) in [5.74, 6) is -0.942. The molecule has 0 aliphatic carbocycles. The van der Waals surface area contributed by atoms with Gasteiger partial charge in [0.2, 0.25) is 0 Å². The van der Waals surface area contributed by atoms with Gasteiger partial charge < -0.3 is 9.29 Å². The normalized spacial score (nSPS) is 11.4. The molecule has 0 radical (unpaired) electrons. The van der Waals surface area contributed by atoms with Gasteiger partial charge in [0.1, 0.15) is 0 Å². The highest BCUT2D eigenvalue weighted by atomic mass is 127. The summed E-state index contributed by atoms with van der Waals surface area (Å²) in [7, 11) is -4.24. The summed E-state index contributed by atoms with van der Waals surface area (Å²) in [6.07, 6.45) is 0.160. The fourth-order valence-corrected chi connectivity index (χ4v) is 4.30. The van der Waals surface area contributed by atoms with Gasteiger partial charge in [-0.2, -0.15) is 0 Å².